The van der Waals surface area contributed by atoms with Crippen molar-refractivity contribution in [2.75, 3.05) is 34.9 Å². The second-order valence-electron chi connectivity index (χ2n) is 2.91. The molecule has 0 spiro atoms. The topological polar surface area (TPSA) is 40.5 Å². The molecule has 0 aromatic rings. The minimum absolute atomic E-state index is 0.242. The number of hydrogen-bond acceptors (Lipinski definition) is 6. The average Bonchev–Trinajstić information content (AvgIpc) is 2.25. The first kappa shape index (κ1) is 13.4. The van der Waals surface area contributed by atoms with E-state index in [0.29, 0.717) is 10.5 Å². The normalized spacial score (nSPS) is 27.9. The van der Waals surface area contributed by atoms with Crippen LogP contribution < -0.4 is 0 Å². The van der Waals surface area contributed by atoms with Gasteiger partial charge in [-0.3, -0.25) is 0 Å². The van der Waals surface area contributed by atoms with Crippen LogP contribution in [0.2, 0.25) is 0 Å². The third-order valence-corrected chi connectivity index (χ3v) is 7.11. The minimum atomic E-state index is 0.242. The van der Waals surface area contributed by atoms with E-state index in [-0.39, 0.29) is 11.9 Å². The van der Waals surface area contributed by atoms with Gasteiger partial charge in [0.25, 0.3) is 0 Å². The first-order valence-corrected chi connectivity index (χ1v) is 8.88. The molecule has 84 valence electrons. The summed E-state index contributed by atoms with van der Waals surface area (Å²) < 4.78 is 0. The fourth-order valence-corrected chi connectivity index (χ4v) is 6.21. The molecule has 2 N–H and O–H groups in total. The summed E-state index contributed by atoms with van der Waals surface area (Å²) in [6.45, 7) is 0. The van der Waals surface area contributed by atoms with Crippen molar-refractivity contribution in [3.8, 4) is 0 Å². The zero-order chi connectivity index (χ0) is 10.2. The highest BCUT2D eigenvalue weighted by molar-refractivity contribution is 8.09. The zero-order valence-corrected chi connectivity index (χ0v) is 11.2. The van der Waals surface area contributed by atoms with E-state index < -0.39 is 0 Å². The Bertz CT molecular complexity index is 123. The van der Waals surface area contributed by atoms with Crippen LogP contribution in [0.5, 0.6) is 0 Å². The highest BCUT2D eigenvalue weighted by Crippen LogP contribution is 2.32. The van der Waals surface area contributed by atoms with E-state index in [4.69, 9.17) is 10.2 Å². The predicted molar refractivity (Wildman–Crippen MR) is 71.6 cm³/mol. The van der Waals surface area contributed by atoms with Gasteiger partial charge in [0, 0.05) is 33.5 Å². The molecule has 2 nitrogen and oxygen atoms in total. The number of aliphatic hydroxyl groups excluding tert-OH is 2. The lowest BCUT2D eigenvalue weighted by atomic mass is 10.5. The molecule has 0 aliphatic carbocycles. The third-order valence-electron chi connectivity index (χ3n) is 1.83. The smallest absolute Gasteiger partial charge is 0.0886 e. The molecule has 1 rings (SSSR count). The van der Waals surface area contributed by atoms with Crippen LogP contribution in [0.4, 0.5) is 0 Å². The Morgan fingerprint density at radius 2 is 1.36 bits per heavy atom. The van der Waals surface area contributed by atoms with Gasteiger partial charge in [0.05, 0.1) is 11.9 Å². The van der Waals surface area contributed by atoms with E-state index in [1.54, 1.807) is 23.5 Å². The van der Waals surface area contributed by atoms with Crippen molar-refractivity contribution < 1.29 is 10.2 Å². The first-order valence-electron chi connectivity index (χ1n) is 4.47. The third kappa shape index (κ3) is 5.42. The lowest BCUT2D eigenvalue weighted by molar-refractivity contribution is 0.375. The Morgan fingerprint density at radius 1 is 0.929 bits per heavy atom. The lowest BCUT2D eigenvalue weighted by Crippen LogP contribution is -2.24. The van der Waals surface area contributed by atoms with E-state index in [2.05, 4.69) is 0 Å². The molecular weight excluding hydrogens is 256 g/mol. The molecule has 0 aromatic heterocycles. The highest BCUT2D eigenvalue weighted by atomic mass is 32.2. The van der Waals surface area contributed by atoms with Gasteiger partial charge in [-0.25, -0.2) is 0 Å². The lowest BCUT2D eigenvalue weighted by Gasteiger charge is -2.27. The van der Waals surface area contributed by atoms with Crippen LogP contribution >= 0.6 is 47.0 Å². The summed E-state index contributed by atoms with van der Waals surface area (Å²) in [5.74, 6) is 4.99. The molecular formula is C8H16O2S4. The summed E-state index contributed by atoms with van der Waals surface area (Å²) in [5, 5.41) is 18.8. The van der Waals surface area contributed by atoms with Crippen LogP contribution in [-0.2, 0) is 0 Å². The van der Waals surface area contributed by atoms with E-state index in [0.717, 1.165) is 11.5 Å². The van der Waals surface area contributed by atoms with Crippen LogP contribution in [0.25, 0.3) is 0 Å². The van der Waals surface area contributed by atoms with Gasteiger partial charge >= 0.3 is 0 Å². The quantitative estimate of drug-likeness (QED) is 0.715. The van der Waals surface area contributed by atoms with Gasteiger partial charge in [0.2, 0.25) is 0 Å². The van der Waals surface area contributed by atoms with Gasteiger partial charge in [-0.2, -0.15) is 23.5 Å². The van der Waals surface area contributed by atoms with Crippen molar-refractivity contribution in [2.24, 2.45) is 0 Å². The summed E-state index contributed by atoms with van der Waals surface area (Å²) >= 11 is 7.25. The van der Waals surface area contributed by atoms with Gasteiger partial charge in [0.15, 0.2) is 0 Å². The van der Waals surface area contributed by atoms with Crippen molar-refractivity contribution in [3.63, 3.8) is 0 Å². The molecule has 1 saturated heterocycles. The van der Waals surface area contributed by atoms with Crippen molar-refractivity contribution in [3.05, 3.63) is 0 Å². The Morgan fingerprint density at radius 3 is 1.64 bits per heavy atom. The van der Waals surface area contributed by atoms with Crippen molar-refractivity contribution in [2.45, 2.75) is 10.5 Å². The average molecular weight is 272 g/mol. The first-order chi connectivity index (χ1) is 6.86. The number of aliphatic hydroxyl groups is 2. The zero-order valence-electron chi connectivity index (χ0n) is 7.92. The minimum Gasteiger partial charge on any atom is -0.386 e. The Balaban J connectivity index is 2.05. The van der Waals surface area contributed by atoms with E-state index in [9.17, 15) is 0 Å². The van der Waals surface area contributed by atoms with Gasteiger partial charge in [-0.1, -0.05) is 0 Å². The maximum Gasteiger partial charge on any atom is 0.0886 e. The Hall–Kier alpha value is 1.32. The molecule has 0 bridgehead atoms. The fraction of sp³-hybridized carbons (Fsp3) is 1.00. The molecule has 6 heteroatoms. The molecule has 0 saturated carbocycles. The molecule has 0 radical (unpaired) electrons. The SMILES string of the molecule is OCSCC1CSC(CSCO)CS1. The van der Waals surface area contributed by atoms with Gasteiger partial charge < -0.3 is 10.2 Å². The van der Waals surface area contributed by atoms with Gasteiger partial charge in [0.1, 0.15) is 0 Å². The van der Waals surface area contributed by atoms with Crippen LogP contribution in [0.3, 0.4) is 0 Å². The molecule has 0 aromatic carbocycles. The largest absolute Gasteiger partial charge is 0.386 e. The van der Waals surface area contributed by atoms with Crippen LogP contribution in [0.1, 0.15) is 0 Å². The second-order valence-corrected chi connectivity index (χ2v) is 7.58. The van der Waals surface area contributed by atoms with Gasteiger partial charge in [-0.05, 0) is 0 Å². The van der Waals surface area contributed by atoms with Crippen molar-refractivity contribution >= 4 is 47.0 Å². The van der Waals surface area contributed by atoms with Crippen molar-refractivity contribution in [1.82, 2.24) is 0 Å². The number of rotatable bonds is 6. The molecule has 1 aliphatic rings. The van der Waals surface area contributed by atoms with Crippen molar-refractivity contribution in [1.29, 1.82) is 0 Å². The van der Waals surface area contributed by atoms with Gasteiger partial charge in [-0.15, -0.1) is 23.5 Å². The highest BCUT2D eigenvalue weighted by Gasteiger charge is 2.21. The van der Waals surface area contributed by atoms with E-state index in [1.807, 2.05) is 23.5 Å². The summed E-state index contributed by atoms with van der Waals surface area (Å²) in [7, 11) is 0. The van der Waals surface area contributed by atoms with Crippen LogP contribution in [0.15, 0.2) is 0 Å². The van der Waals surface area contributed by atoms with Crippen LogP contribution in [-0.4, -0.2) is 55.6 Å². The second kappa shape index (κ2) is 8.47. The van der Waals surface area contributed by atoms with E-state index in [1.165, 1.54) is 11.5 Å². The Kier molecular flexibility index (Phi) is 8.10. The van der Waals surface area contributed by atoms with E-state index >= 15 is 0 Å². The molecule has 2 unspecified atom stereocenters. The van der Waals surface area contributed by atoms with Crippen LogP contribution in [0, 0.1) is 0 Å². The maximum atomic E-state index is 8.68. The summed E-state index contributed by atoms with van der Waals surface area (Å²) in [5.41, 5.74) is 0. The summed E-state index contributed by atoms with van der Waals surface area (Å²) in [6, 6.07) is 0. The molecule has 0 amide bonds. The summed E-state index contributed by atoms with van der Waals surface area (Å²) in [6.07, 6.45) is 0. The monoisotopic (exact) mass is 272 g/mol. The molecule has 1 aliphatic heterocycles. The Labute approximate surface area is 102 Å². The molecule has 14 heavy (non-hydrogen) atoms. The standard InChI is InChI=1S/C8H16O2S4/c9-5-11-1-7-3-14-8(4-13-7)2-12-6-10/h7-10H,1-6H2. The number of hydrogen-bond donors (Lipinski definition) is 2. The maximum absolute atomic E-state index is 8.68. The molecule has 2 atom stereocenters. The fourth-order valence-electron chi connectivity index (χ4n) is 1.14. The predicted octanol–water partition coefficient (Wildman–Crippen LogP) is 1.57. The molecule has 1 fully saturated rings. The number of thioether (sulfide) groups is 4. The molecule has 1 heterocycles. The summed E-state index contributed by atoms with van der Waals surface area (Å²) in [4.78, 5) is 0.